The van der Waals surface area contributed by atoms with E-state index < -0.39 is 0 Å². The number of nitrogens with one attached hydrogen (secondary N) is 2. The fraction of sp³-hybridized carbons (Fsp3) is 0.500. The molecule has 0 unspecified atom stereocenters. The molecule has 0 saturated heterocycles. The number of ether oxygens (including phenoxy) is 1. The van der Waals surface area contributed by atoms with Gasteiger partial charge < -0.3 is 15.2 Å². The highest BCUT2D eigenvalue weighted by Crippen LogP contribution is 2.39. The van der Waals surface area contributed by atoms with Crippen LogP contribution in [0.2, 0.25) is 0 Å². The van der Waals surface area contributed by atoms with Crippen LogP contribution in [0.5, 0.6) is 0 Å². The van der Waals surface area contributed by atoms with Crippen LogP contribution in [0.25, 0.3) is 0 Å². The van der Waals surface area contributed by atoms with Crippen molar-refractivity contribution in [2.45, 2.75) is 38.0 Å². The standard InChI is InChI=1S/C16H19N3O3S/c20-10-6-9(7-10)14(13-2-1-5-23-13)17-16(21)15-11-8-22-4-3-12(11)18-19-15/h1-2,5,9-10,14,20H,3-4,6-8H2,(H,17,21)(H,18,19)/t9?,10?,14-/m1/s1. The number of aliphatic hydroxyl groups is 1. The number of aromatic nitrogens is 2. The van der Waals surface area contributed by atoms with Crippen LogP contribution in [0, 0.1) is 5.92 Å². The highest BCUT2D eigenvalue weighted by molar-refractivity contribution is 7.10. The van der Waals surface area contributed by atoms with Crippen LogP contribution in [0.1, 0.15) is 45.5 Å². The van der Waals surface area contributed by atoms with Gasteiger partial charge >= 0.3 is 0 Å². The second-order valence-electron chi connectivity index (χ2n) is 6.18. The van der Waals surface area contributed by atoms with Gasteiger partial charge in [-0.3, -0.25) is 9.89 Å². The molecule has 2 aromatic heterocycles. The zero-order valence-corrected chi connectivity index (χ0v) is 13.4. The van der Waals surface area contributed by atoms with Gasteiger partial charge in [0.25, 0.3) is 5.91 Å². The van der Waals surface area contributed by atoms with E-state index in [4.69, 9.17) is 4.74 Å². The summed E-state index contributed by atoms with van der Waals surface area (Å²) in [7, 11) is 0. The third-order valence-electron chi connectivity index (χ3n) is 4.67. The zero-order chi connectivity index (χ0) is 15.8. The third kappa shape index (κ3) is 2.80. The molecule has 3 N–H and O–H groups in total. The monoisotopic (exact) mass is 333 g/mol. The molecular formula is C16H19N3O3S. The number of hydrogen-bond donors (Lipinski definition) is 3. The fourth-order valence-corrected chi connectivity index (χ4v) is 4.17. The average Bonchev–Trinajstić information content (AvgIpc) is 3.18. The number of hydrogen-bond acceptors (Lipinski definition) is 5. The second kappa shape index (κ2) is 6.07. The van der Waals surface area contributed by atoms with Crippen LogP contribution < -0.4 is 5.32 Å². The molecule has 0 bridgehead atoms. The molecule has 1 amide bonds. The van der Waals surface area contributed by atoms with Gasteiger partial charge in [0.15, 0.2) is 5.69 Å². The fourth-order valence-electron chi connectivity index (χ4n) is 3.30. The van der Waals surface area contributed by atoms with Gasteiger partial charge in [0.2, 0.25) is 0 Å². The number of aliphatic hydroxyl groups excluding tert-OH is 1. The topological polar surface area (TPSA) is 87.2 Å². The van der Waals surface area contributed by atoms with Crippen molar-refractivity contribution in [2.75, 3.05) is 6.61 Å². The first-order chi connectivity index (χ1) is 11.2. The molecule has 6 nitrogen and oxygen atoms in total. The van der Waals surface area contributed by atoms with Gasteiger partial charge in [0, 0.05) is 22.6 Å². The molecule has 122 valence electrons. The first-order valence-corrected chi connectivity index (χ1v) is 8.76. The number of amides is 1. The number of H-pyrrole nitrogens is 1. The Labute approximate surface area is 137 Å². The lowest BCUT2D eigenvalue weighted by Gasteiger charge is -2.37. The SMILES string of the molecule is O=C(N[C@@H](c1cccs1)C1CC(O)C1)c1n[nH]c2c1COCC2. The van der Waals surface area contributed by atoms with Gasteiger partial charge in [-0.15, -0.1) is 11.3 Å². The van der Waals surface area contributed by atoms with Crippen molar-refractivity contribution in [1.82, 2.24) is 15.5 Å². The molecule has 1 aliphatic carbocycles. The molecule has 2 aromatic rings. The molecule has 0 aromatic carbocycles. The van der Waals surface area contributed by atoms with Gasteiger partial charge in [0.05, 0.1) is 25.4 Å². The Morgan fingerprint density at radius 2 is 2.39 bits per heavy atom. The summed E-state index contributed by atoms with van der Waals surface area (Å²) in [5.74, 6) is 0.103. The van der Waals surface area contributed by atoms with Crippen molar-refractivity contribution in [3.05, 3.63) is 39.3 Å². The van der Waals surface area contributed by atoms with Crippen molar-refractivity contribution in [2.24, 2.45) is 5.92 Å². The van der Waals surface area contributed by atoms with E-state index in [1.165, 1.54) is 0 Å². The van der Waals surface area contributed by atoms with E-state index in [2.05, 4.69) is 15.5 Å². The van der Waals surface area contributed by atoms with Crippen molar-refractivity contribution in [3.8, 4) is 0 Å². The smallest absolute Gasteiger partial charge is 0.272 e. The minimum atomic E-state index is -0.245. The maximum atomic E-state index is 12.7. The summed E-state index contributed by atoms with van der Waals surface area (Å²) in [4.78, 5) is 13.8. The minimum Gasteiger partial charge on any atom is -0.393 e. The summed E-state index contributed by atoms with van der Waals surface area (Å²) in [6, 6.07) is 3.95. The summed E-state index contributed by atoms with van der Waals surface area (Å²) < 4.78 is 5.45. The van der Waals surface area contributed by atoms with E-state index >= 15 is 0 Å². The third-order valence-corrected chi connectivity index (χ3v) is 5.62. The van der Waals surface area contributed by atoms with E-state index in [9.17, 15) is 9.90 Å². The van der Waals surface area contributed by atoms with Crippen LogP contribution in [0.3, 0.4) is 0 Å². The van der Waals surface area contributed by atoms with E-state index in [1.54, 1.807) is 11.3 Å². The van der Waals surface area contributed by atoms with E-state index in [0.717, 1.165) is 35.4 Å². The quantitative estimate of drug-likeness (QED) is 0.796. The maximum Gasteiger partial charge on any atom is 0.272 e. The van der Waals surface area contributed by atoms with Crippen LogP contribution in [0.4, 0.5) is 0 Å². The Hall–Kier alpha value is -1.70. The Morgan fingerprint density at radius 3 is 3.13 bits per heavy atom. The van der Waals surface area contributed by atoms with Crippen LogP contribution in [-0.2, 0) is 17.8 Å². The van der Waals surface area contributed by atoms with Crippen LogP contribution in [-0.4, -0.2) is 33.9 Å². The summed E-state index contributed by atoms with van der Waals surface area (Å²) in [5.41, 5.74) is 2.29. The van der Waals surface area contributed by atoms with Crippen molar-refractivity contribution in [3.63, 3.8) is 0 Å². The van der Waals surface area contributed by atoms with Gasteiger partial charge in [-0.1, -0.05) is 6.07 Å². The lowest BCUT2D eigenvalue weighted by molar-refractivity contribution is 0.0240. The highest BCUT2D eigenvalue weighted by atomic mass is 32.1. The predicted molar refractivity (Wildman–Crippen MR) is 85.2 cm³/mol. The largest absolute Gasteiger partial charge is 0.393 e. The Balaban J connectivity index is 1.54. The summed E-state index contributed by atoms with van der Waals surface area (Å²) >= 11 is 1.63. The van der Waals surface area contributed by atoms with Crippen molar-refractivity contribution < 1.29 is 14.6 Å². The molecule has 1 aliphatic heterocycles. The second-order valence-corrected chi connectivity index (χ2v) is 7.16. The zero-order valence-electron chi connectivity index (χ0n) is 12.6. The van der Waals surface area contributed by atoms with E-state index in [1.807, 2.05) is 17.5 Å². The number of fused-ring (bicyclic) bond motifs is 1. The van der Waals surface area contributed by atoms with E-state index in [-0.39, 0.29) is 24.0 Å². The normalized spacial score (nSPS) is 24.6. The maximum absolute atomic E-state index is 12.7. The van der Waals surface area contributed by atoms with Crippen LogP contribution in [0.15, 0.2) is 17.5 Å². The molecule has 1 atom stereocenters. The number of thiophene rings is 1. The summed E-state index contributed by atoms with van der Waals surface area (Å²) in [6.07, 6.45) is 1.97. The molecule has 1 fully saturated rings. The van der Waals surface area contributed by atoms with Gasteiger partial charge in [-0.2, -0.15) is 5.10 Å². The van der Waals surface area contributed by atoms with Gasteiger partial charge in [-0.05, 0) is 30.2 Å². The Bertz CT molecular complexity index is 691. The highest BCUT2D eigenvalue weighted by Gasteiger charge is 2.37. The number of rotatable bonds is 4. The summed E-state index contributed by atoms with van der Waals surface area (Å²) in [6.45, 7) is 1.09. The number of carbonyl (C=O) groups is 1. The average molecular weight is 333 g/mol. The first-order valence-electron chi connectivity index (χ1n) is 7.88. The number of aromatic amines is 1. The van der Waals surface area contributed by atoms with Crippen molar-refractivity contribution >= 4 is 17.2 Å². The molecule has 0 spiro atoms. The predicted octanol–water partition coefficient (Wildman–Crippen LogP) is 1.79. The molecule has 7 heteroatoms. The summed E-state index contributed by atoms with van der Waals surface area (Å²) in [5, 5.41) is 21.9. The molecule has 0 radical (unpaired) electrons. The first kappa shape index (κ1) is 14.9. The van der Waals surface area contributed by atoms with Crippen molar-refractivity contribution in [1.29, 1.82) is 0 Å². The lowest BCUT2D eigenvalue weighted by Crippen LogP contribution is -2.41. The molecule has 23 heavy (non-hydrogen) atoms. The minimum absolute atomic E-state index is 0.0669. The molecule has 2 aliphatic rings. The van der Waals surface area contributed by atoms with E-state index in [0.29, 0.717) is 18.9 Å². The molecular weight excluding hydrogens is 314 g/mol. The molecule has 3 heterocycles. The molecule has 4 rings (SSSR count). The molecule has 1 saturated carbocycles. The van der Waals surface area contributed by atoms with Gasteiger partial charge in [-0.25, -0.2) is 0 Å². The Kier molecular flexibility index (Phi) is 3.92. The lowest BCUT2D eigenvalue weighted by atomic mass is 9.76. The van der Waals surface area contributed by atoms with Gasteiger partial charge in [0.1, 0.15) is 0 Å². The number of carbonyl (C=O) groups excluding carboxylic acids is 1. The number of nitrogens with zero attached hydrogens (tertiary/aromatic N) is 1. The van der Waals surface area contributed by atoms with Crippen LogP contribution >= 0.6 is 11.3 Å². The Morgan fingerprint density at radius 1 is 1.52 bits per heavy atom.